The molecule has 0 spiro atoms. The average molecular weight is 879 g/mol. The lowest BCUT2D eigenvalue weighted by molar-refractivity contribution is -0.305. The van der Waals surface area contributed by atoms with Gasteiger partial charge in [-0.1, -0.05) is 198 Å². The third-order valence-corrected chi connectivity index (χ3v) is 12.0. The first kappa shape index (κ1) is 58.4. The van der Waals surface area contributed by atoms with E-state index in [0.717, 1.165) is 57.8 Å². The normalized spacial score (nSPS) is 20.0. The van der Waals surface area contributed by atoms with E-state index < -0.39 is 43.4 Å². The van der Waals surface area contributed by atoms with Gasteiger partial charge < -0.3 is 39.4 Å². The largest absolute Gasteiger partial charge is 0.457 e. The van der Waals surface area contributed by atoms with Gasteiger partial charge in [0.15, 0.2) is 6.29 Å². The molecule has 0 bridgehead atoms. The molecule has 0 saturated carbocycles. The minimum Gasteiger partial charge on any atom is -0.457 e. The Bertz CT molecular complexity index is 1050. The number of aliphatic hydroxyl groups excluding tert-OH is 4. The minimum absolute atomic E-state index is 0.116. The van der Waals surface area contributed by atoms with Gasteiger partial charge in [-0.3, -0.25) is 4.79 Å². The number of allylic oxidation sites excluding steroid dienone is 6. The molecular formula is C53H98O9. The number of aliphatic hydroxyl groups is 4. The molecule has 0 radical (unpaired) electrons. The van der Waals surface area contributed by atoms with Gasteiger partial charge >= 0.3 is 5.97 Å². The molecule has 0 aromatic heterocycles. The van der Waals surface area contributed by atoms with Crippen molar-refractivity contribution in [2.75, 3.05) is 26.4 Å². The van der Waals surface area contributed by atoms with Crippen LogP contribution in [0.4, 0.5) is 0 Å². The Balaban J connectivity index is 2.16. The fourth-order valence-corrected chi connectivity index (χ4v) is 7.94. The van der Waals surface area contributed by atoms with Crippen LogP contribution in [0.5, 0.6) is 0 Å². The minimum atomic E-state index is -1.54. The molecule has 62 heavy (non-hydrogen) atoms. The van der Waals surface area contributed by atoms with Crippen molar-refractivity contribution in [2.45, 2.75) is 269 Å². The first-order valence-electron chi connectivity index (χ1n) is 26.1. The van der Waals surface area contributed by atoms with E-state index in [2.05, 4.69) is 50.3 Å². The Hall–Kier alpha value is -1.59. The summed E-state index contributed by atoms with van der Waals surface area (Å²) in [5, 5.41) is 40.2. The molecule has 0 amide bonds. The van der Waals surface area contributed by atoms with E-state index in [1.165, 1.54) is 154 Å². The second kappa shape index (κ2) is 44.6. The van der Waals surface area contributed by atoms with E-state index in [1.54, 1.807) is 0 Å². The maximum atomic E-state index is 12.8. The highest BCUT2D eigenvalue weighted by Crippen LogP contribution is 2.23. The van der Waals surface area contributed by atoms with Crippen molar-refractivity contribution in [3.8, 4) is 0 Å². The summed E-state index contributed by atoms with van der Waals surface area (Å²) in [6.07, 6.45) is 47.6. The zero-order valence-corrected chi connectivity index (χ0v) is 40.1. The molecule has 1 saturated heterocycles. The summed E-state index contributed by atoms with van der Waals surface area (Å²) in [5.74, 6) is -0.315. The monoisotopic (exact) mass is 879 g/mol. The SMILES string of the molecule is CCC/C=C\C/C=C\CCCCCCCCOCC(COC1OC(CO)C(O)C(O)C1O)OC(=O)CCCCCCCCCCCCCCC/C=C\CCCCCCCCCC. The Kier molecular flexibility index (Phi) is 42.0. The number of unbranched alkanes of at least 4 members (excludes halogenated alkanes) is 28. The highest BCUT2D eigenvalue weighted by Gasteiger charge is 2.44. The number of hydrogen-bond acceptors (Lipinski definition) is 9. The maximum absolute atomic E-state index is 12.8. The van der Waals surface area contributed by atoms with E-state index in [4.69, 9.17) is 18.9 Å². The number of hydrogen-bond donors (Lipinski definition) is 4. The molecule has 0 aromatic carbocycles. The predicted molar refractivity (Wildman–Crippen MR) is 256 cm³/mol. The molecular weight excluding hydrogens is 781 g/mol. The third-order valence-electron chi connectivity index (χ3n) is 12.0. The summed E-state index contributed by atoms with van der Waals surface area (Å²) in [7, 11) is 0. The second-order valence-electron chi connectivity index (χ2n) is 18.0. The first-order valence-corrected chi connectivity index (χ1v) is 26.1. The lowest BCUT2D eigenvalue weighted by Gasteiger charge is -2.39. The van der Waals surface area contributed by atoms with Crippen LogP contribution in [0.25, 0.3) is 0 Å². The predicted octanol–water partition coefficient (Wildman–Crippen LogP) is 12.7. The highest BCUT2D eigenvalue weighted by atomic mass is 16.7. The summed E-state index contributed by atoms with van der Waals surface area (Å²) in [5.41, 5.74) is 0. The fraction of sp³-hybridized carbons (Fsp3) is 0.868. The van der Waals surface area contributed by atoms with Gasteiger partial charge in [0, 0.05) is 13.0 Å². The molecule has 1 fully saturated rings. The van der Waals surface area contributed by atoms with Crippen LogP contribution in [0.2, 0.25) is 0 Å². The van der Waals surface area contributed by atoms with Gasteiger partial charge in [0.2, 0.25) is 0 Å². The van der Waals surface area contributed by atoms with Crippen LogP contribution in [0, 0.1) is 0 Å². The zero-order chi connectivity index (χ0) is 45.0. The summed E-state index contributed by atoms with van der Waals surface area (Å²) in [6, 6.07) is 0. The van der Waals surface area contributed by atoms with Crippen LogP contribution >= 0.6 is 0 Å². The summed E-state index contributed by atoms with van der Waals surface area (Å²) in [4.78, 5) is 12.8. The second-order valence-corrected chi connectivity index (χ2v) is 18.0. The Morgan fingerprint density at radius 3 is 1.47 bits per heavy atom. The van der Waals surface area contributed by atoms with Crippen molar-refractivity contribution in [1.29, 1.82) is 0 Å². The maximum Gasteiger partial charge on any atom is 0.306 e. The number of carbonyl (C=O) groups is 1. The Labute approximate surface area is 380 Å². The van der Waals surface area contributed by atoms with E-state index in [0.29, 0.717) is 13.0 Å². The van der Waals surface area contributed by atoms with Crippen molar-refractivity contribution >= 4 is 5.97 Å². The quantitative estimate of drug-likeness (QED) is 0.0268. The van der Waals surface area contributed by atoms with E-state index >= 15 is 0 Å². The van der Waals surface area contributed by atoms with Crippen molar-refractivity contribution < 1.29 is 44.2 Å². The van der Waals surface area contributed by atoms with Crippen LogP contribution in [-0.4, -0.2) is 89.6 Å². The topological polar surface area (TPSA) is 135 Å². The molecule has 6 unspecified atom stereocenters. The number of carbonyl (C=O) groups excluding carboxylic acids is 1. The fourth-order valence-electron chi connectivity index (χ4n) is 7.94. The molecule has 1 aliphatic rings. The highest BCUT2D eigenvalue weighted by molar-refractivity contribution is 5.69. The van der Waals surface area contributed by atoms with Gasteiger partial charge in [-0.2, -0.15) is 0 Å². The van der Waals surface area contributed by atoms with Gasteiger partial charge in [-0.15, -0.1) is 0 Å². The number of ether oxygens (including phenoxy) is 4. The molecule has 1 heterocycles. The van der Waals surface area contributed by atoms with Gasteiger partial charge in [0.05, 0.1) is 19.8 Å². The van der Waals surface area contributed by atoms with Gasteiger partial charge in [0.1, 0.15) is 30.5 Å². The number of rotatable bonds is 45. The van der Waals surface area contributed by atoms with E-state index in [9.17, 15) is 25.2 Å². The van der Waals surface area contributed by atoms with Crippen molar-refractivity contribution in [2.24, 2.45) is 0 Å². The van der Waals surface area contributed by atoms with Crippen LogP contribution in [-0.2, 0) is 23.7 Å². The smallest absolute Gasteiger partial charge is 0.306 e. The summed E-state index contributed by atoms with van der Waals surface area (Å²) >= 11 is 0. The molecule has 0 aliphatic carbocycles. The molecule has 6 atom stereocenters. The third kappa shape index (κ3) is 34.8. The van der Waals surface area contributed by atoms with Gasteiger partial charge in [-0.05, 0) is 64.2 Å². The van der Waals surface area contributed by atoms with Crippen LogP contribution in [0.1, 0.15) is 232 Å². The average Bonchev–Trinajstić information content (AvgIpc) is 3.27. The van der Waals surface area contributed by atoms with Crippen molar-refractivity contribution in [3.63, 3.8) is 0 Å². The zero-order valence-electron chi connectivity index (χ0n) is 40.1. The molecule has 0 aromatic rings. The van der Waals surface area contributed by atoms with E-state index in [-0.39, 0.29) is 19.2 Å². The first-order chi connectivity index (χ1) is 30.4. The van der Waals surface area contributed by atoms with Crippen molar-refractivity contribution in [1.82, 2.24) is 0 Å². The van der Waals surface area contributed by atoms with Gasteiger partial charge in [0.25, 0.3) is 0 Å². The van der Waals surface area contributed by atoms with Crippen LogP contribution in [0.3, 0.4) is 0 Å². The Morgan fingerprint density at radius 2 is 0.968 bits per heavy atom. The molecule has 364 valence electrons. The molecule has 9 nitrogen and oxygen atoms in total. The van der Waals surface area contributed by atoms with Gasteiger partial charge in [-0.25, -0.2) is 0 Å². The molecule has 4 N–H and O–H groups in total. The molecule has 1 rings (SSSR count). The molecule has 9 heteroatoms. The lowest BCUT2D eigenvalue weighted by atomic mass is 9.99. The van der Waals surface area contributed by atoms with Crippen molar-refractivity contribution in [3.05, 3.63) is 36.5 Å². The Morgan fingerprint density at radius 1 is 0.516 bits per heavy atom. The summed E-state index contributed by atoms with van der Waals surface area (Å²) in [6.45, 7) is 4.50. The standard InChI is InChI=1S/C53H98O9/c1-3-5-7-9-11-13-15-17-19-20-21-22-23-24-25-26-27-28-29-30-32-34-36-38-40-42-49(55)61-47(46-60-53-52(58)51(57)50(56)48(44-54)62-53)45-59-43-41-39-37-35-33-31-18-16-14-12-10-8-6-4-2/h8,10,14,16,20-21,47-48,50-54,56-58H,3-7,9,11-13,15,17-19,22-46H2,1-2H3/b10-8-,16-14-,21-20-. The van der Waals surface area contributed by atoms with Crippen LogP contribution in [0.15, 0.2) is 36.5 Å². The molecule has 1 aliphatic heterocycles. The van der Waals surface area contributed by atoms with Crippen LogP contribution < -0.4 is 0 Å². The van der Waals surface area contributed by atoms with E-state index in [1.807, 2.05) is 0 Å². The lowest BCUT2D eigenvalue weighted by Crippen LogP contribution is -2.59. The number of esters is 1. The summed E-state index contributed by atoms with van der Waals surface area (Å²) < 4.78 is 22.9.